The Balaban J connectivity index is 2.15. The van der Waals surface area contributed by atoms with E-state index in [0.29, 0.717) is 5.92 Å². The maximum atomic E-state index is 5.70. The van der Waals surface area contributed by atoms with E-state index in [1.165, 1.54) is 5.56 Å². The van der Waals surface area contributed by atoms with Gasteiger partial charge in [-0.2, -0.15) is 0 Å². The van der Waals surface area contributed by atoms with Crippen LogP contribution in [0.25, 0.3) is 0 Å². The van der Waals surface area contributed by atoms with Crippen molar-refractivity contribution in [3.63, 3.8) is 0 Å². The summed E-state index contributed by atoms with van der Waals surface area (Å²) in [4.78, 5) is 0. The molecule has 2 N–H and O–H groups in total. The van der Waals surface area contributed by atoms with Crippen LogP contribution in [0, 0.1) is 5.92 Å². The lowest BCUT2D eigenvalue weighted by atomic mass is 9.72. The van der Waals surface area contributed by atoms with Crippen LogP contribution in [-0.4, -0.2) is 19.8 Å². The van der Waals surface area contributed by atoms with Crippen molar-refractivity contribution < 1.29 is 4.74 Å². The first-order chi connectivity index (χ1) is 7.27. The highest BCUT2D eigenvalue weighted by molar-refractivity contribution is 5.27. The molecule has 2 heteroatoms. The Morgan fingerprint density at radius 3 is 2.47 bits per heavy atom. The smallest absolute Gasteiger partial charge is 0.0585 e. The van der Waals surface area contributed by atoms with Gasteiger partial charge < -0.3 is 10.5 Å². The Bertz CT molecular complexity index is 306. The average Bonchev–Trinajstić information content (AvgIpc) is 2.24. The molecule has 1 saturated heterocycles. The van der Waals surface area contributed by atoms with Gasteiger partial charge in [-0.25, -0.2) is 0 Å². The molecule has 0 radical (unpaired) electrons. The standard InChI is InChI=1S/C13H19NO/c1-11(8-14)7-13(9-15-10-13)12-5-3-2-4-6-12/h2-6,11H,7-10,14H2,1H3. The molecule has 1 unspecified atom stereocenters. The molecule has 2 nitrogen and oxygen atoms in total. The van der Waals surface area contributed by atoms with Crippen LogP contribution in [0.15, 0.2) is 30.3 Å². The Kier molecular flexibility index (Phi) is 3.08. The Labute approximate surface area is 91.4 Å². The molecule has 0 spiro atoms. The van der Waals surface area contributed by atoms with Crippen LogP contribution < -0.4 is 5.73 Å². The molecule has 1 aromatic rings. The van der Waals surface area contributed by atoms with Crippen molar-refractivity contribution in [3.8, 4) is 0 Å². The summed E-state index contributed by atoms with van der Waals surface area (Å²) in [6.45, 7) is 4.67. The molecule has 0 aromatic heterocycles. The molecule has 1 atom stereocenters. The van der Waals surface area contributed by atoms with Crippen LogP contribution in [0.5, 0.6) is 0 Å². The number of hydrogen-bond donors (Lipinski definition) is 1. The van der Waals surface area contributed by atoms with Crippen molar-refractivity contribution >= 4 is 0 Å². The summed E-state index contributed by atoms with van der Waals surface area (Å²) >= 11 is 0. The Hall–Kier alpha value is -0.860. The number of benzene rings is 1. The van der Waals surface area contributed by atoms with E-state index in [2.05, 4.69) is 37.3 Å². The molecule has 1 aromatic carbocycles. The molecule has 0 saturated carbocycles. The average molecular weight is 205 g/mol. The van der Waals surface area contributed by atoms with Crippen molar-refractivity contribution in [1.82, 2.24) is 0 Å². The lowest BCUT2D eigenvalue weighted by molar-refractivity contribution is -0.0701. The van der Waals surface area contributed by atoms with Gasteiger partial charge in [0.2, 0.25) is 0 Å². The molecule has 1 heterocycles. The largest absolute Gasteiger partial charge is 0.379 e. The van der Waals surface area contributed by atoms with E-state index in [9.17, 15) is 0 Å². The zero-order valence-electron chi connectivity index (χ0n) is 9.28. The van der Waals surface area contributed by atoms with Crippen molar-refractivity contribution in [3.05, 3.63) is 35.9 Å². The van der Waals surface area contributed by atoms with Gasteiger partial charge in [-0.1, -0.05) is 37.3 Å². The zero-order valence-corrected chi connectivity index (χ0v) is 9.28. The summed E-state index contributed by atoms with van der Waals surface area (Å²) in [5.41, 5.74) is 7.33. The van der Waals surface area contributed by atoms with Crippen LogP contribution in [0.1, 0.15) is 18.9 Å². The molecule has 1 aliphatic rings. The second kappa shape index (κ2) is 4.33. The van der Waals surface area contributed by atoms with Gasteiger partial charge >= 0.3 is 0 Å². The fourth-order valence-electron chi connectivity index (χ4n) is 2.29. The van der Waals surface area contributed by atoms with E-state index in [0.717, 1.165) is 26.2 Å². The first kappa shape index (κ1) is 10.7. The molecular weight excluding hydrogens is 186 g/mol. The molecular formula is C13H19NO. The highest BCUT2D eigenvalue weighted by Crippen LogP contribution is 2.37. The van der Waals surface area contributed by atoms with Gasteiger partial charge in [-0.15, -0.1) is 0 Å². The van der Waals surface area contributed by atoms with Crippen molar-refractivity contribution in [1.29, 1.82) is 0 Å². The van der Waals surface area contributed by atoms with Crippen LogP contribution in [0.4, 0.5) is 0 Å². The Morgan fingerprint density at radius 1 is 1.33 bits per heavy atom. The van der Waals surface area contributed by atoms with Crippen LogP contribution in [-0.2, 0) is 10.2 Å². The predicted octanol–water partition coefficient (Wildman–Crippen LogP) is 1.94. The van der Waals surface area contributed by atoms with Gasteiger partial charge in [-0.05, 0) is 24.4 Å². The first-order valence-electron chi connectivity index (χ1n) is 5.60. The third-order valence-electron chi connectivity index (χ3n) is 3.28. The van der Waals surface area contributed by atoms with Gasteiger partial charge in [0, 0.05) is 5.41 Å². The molecule has 0 amide bonds. The number of nitrogens with two attached hydrogens (primary N) is 1. The molecule has 82 valence electrons. The maximum absolute atomic E-state index is 5.70. The number of ether oxygens (including phenoxy) is 1. The zero-order chi connectivity index (χ0) is 10.7. The summed E-state index contributed by atoms with van der Waals surface area (Å²) in [6.07, 6.45) is 1.13. The quantitative estimate of drug-likeness (QED) is 0.815. The fraction of sp³-hybridized carbons (Fsp3) is 0.538. The topological polar surface area (TPSA) is 35.2 Å². The third-order valence-corrected chi connectivity index (χ3v) is 3.28. The molecule has 1 aliphatic heterocycles. The number of rotatable bonds is 4. The minimum absolute atomic E-state index is 0.236. The third kappa shape index (κ3) is 2.06. The normalized spacial score (nSPS) is 20.7. The molecule has 2 rings (SSSR count). The highest BCUT2D eigenvalue weighted by Gasteiger charge is 2.40. The van der Waals surface area contributed by atoms with E-state index in [-0.39, 0.29) is 5.41 Å². The lowest BCUT2D eigenvalue weighted by Gasteiger charge is -2.43. The van der Waals surface area contributed by atoms with E-state index in [1.807, 2.05) is 0 Å². The minimum atomic E-state index is 0.236. The predicted molar refractivity (Wildman–Crippen MR) is 61.8 cm³/mol. The van der Waals surface area contributed by atoms with Crippen molar-refractivity contribution in [2.45, 2.75) is 18.8 Å². The van der Waals surface area contributed by atoms with Crippen molar-refractivity contribution in [2.24, 2.45) is 11.7 Å². The highest BCUT2D eigenvalue weighted by atomic mass is 16.5. The first-order valence-corrected chi connectivity index (χ1v) is 5.60. The second-order valence-corrected chi connectivity index (χ2v) is 4.68. The molecule has 0 bridgehead atoms. The van der Waals surface area contributed by atoms with Crippen LogP contribution in [0.3, 0.4) is 0 Å². The van der Waals surface area contributed by atoms with Gasteiger partial charge in [0.05, 0.1) is 13.2 Å². The van der Waals surface area contributed by atoms with Gasteiger partial charge in [-0.3, -0.25) is 0 Å². The van der Waals surface area contributed by atoms with Gasteiger partial charge in [0.15, 0.2) is 0 Å². The molecule has 1 fully saturated rings. The number of hydrogen-bond acceptors (Lipinski definition) is 2. The van der Waals surface area contributed by atoms with E-state index in [1.54, 1.807) is 0 Å². The van der Waals surface area contributed by atoms with E-state index in [4.69, 9.17) is 10.5 Å². The summed E-state index contributed by atoms with van der Waals surface area (Å²) in [5.74, 6) is 0.564. The van der Waals surface area contributed by atoms with E-state index < -0.39 is 0 Å². The van der Waals surface area contributed by atoms with Crippen molar-refractivity contribution in [2.75, 3.05) is 19.8 Å². The molecule has 0 aliphatic carbocycles. The minimum Gasteiger partial charge on any atom is -0.379 e. The molecule has 15 heavy (non-hydrogen) atoms. The summed E-state index contributed by atoms with van der Waals surface area (Å²) in [5, 5.41) is 0. The Morgan fingerprint density at radius 2 is 2.00 bits per heavy atom. The summed E-state index contributed by atoms with van der Waals surface area (Å²) < 4.78 is 5.40. The SMILES string of the molecule is CC(CN)CC1(c2ccccc2)COC1. The fourth-order valence-corrected chi connectivity index (χ4v) is 2.29. The van der Waals surface area contributed by atoms with Crippen LogP contribution in [0.2, 0.25) is 0 Å². The second-order valence-electron chi connectivity index (χ2n) is 4.68. The monoisotopic (exact) mass is 205 g/mol. The van der Waals surface area contributed by atoms with Crippen LogP contribution >= 0.6 is 0 Å². The van der Waals surface area contributed by atoms with Gasteiger partial charge in [0.25, 0.3) is 0 Å². The summed E-state index contributed by atoms with van der Waals surface area (Å²) in [7, 11) is 0. The maximum Gasteiger partial charge on any atom is 0.0585 e. The van der Waals surface area contributed by atoms with E-state index >= 15 is 0 Å². The lowest BCUT2D eigenvalue weighted by Crippen LogP contribution is -2.48. The summed E-state index contributed by atoms with van der Waals surface area (Å²) in [6, 6.07) is 10.7. The van der Waals surface area contributed by atoms with Gasteiger partial charge in [0.1, 0.15) is 0 Å².